The Bertz CT molecular complexity index is 1010. The number of para-hydroxylation sites is 2. The highest BCUT2D eigenvalue weighted by Crippen LogP contribution is 2.18. The van der Waals surface area contributed by atoms with E-state index in [1.54, 1.807) is 17.1 Å². The molecule has 156 valence electrons. The maximum atomic E-state index is 12.9. The molecular weight excluding hydrogens is 396 g/mol. The molecule has 0 bridgehead atoms. The van der Waals surface area contributed by atoms with Crippen molar-refractivity contribution >= 4 is 34.2 Å². The van der Waals surface area contributed by atoms with Gasteiger partial charge in [0.15, 0.2) is 0 Å². The molecule has 6 nitrogen and oxygen atoms in total. The molecule has 1 N–H and O–H groups in total. The zero-order valence-electron chi connectivity index (χ0n) is 16.9. The van der Waals surface area contributed by atoms with Crippen molar-refractivity contribution in [2.24, 2.45) is 0 Å². The first-order valence-electron chi connectivity index (χ1n) is 9.89. The lowest BCUT2D eigenvalue weighted by Gasteiger charge is -2.20. The number of benzene rings is 1. The highest BCUT2D eigenvalue weighted by atomic mass is 32.1. The van der Waals surface area contributed by atoms with E-state index in [0.717, 1.165) is 23.3 Å². The lowest BCUT2D eigenvalue weighted by molar-refractivity contribution is -0.130. The van der Waals surface area contributed by atoms with Gasteiger partial charge in [-0.25, -0.2) is 4.98 Å². The molecule has 30 heavy (non-hydrogen) atoms. The van der Waals surface area contributed by atoms with Crippen molar-refractivity contribution in [1.82, 2.24) is 19.8 Å². The lowest BCUT2D eigenvalue weighted by Crippen LogP contribution is -2.34. The smallest absolute Gasteiger partial charge is 0.261 e. The number of nitrogens with zero attached hydrogens (tertiary/aromatic N) is 3. The van der Waals surface area contributed by atoms with Gasteiger partial charge in [0.1, 0.15) is 12.4 Å². The number of rotatable bonds is 11. The summed E-state index contributed by atoms with van der Waals surface area (Å²) in [5.74, 6) is 0.774. The first kappa shape index (κ1) is 21.5. The van der Waals surface area contributed by atoms with Crippen LogP contribution in [0.4, 0.5) is 0 Å². The molecule has 0 aliphatic carbocycles. The second-order valence-corrected chi connectivity index (χ2v) is 7.76. The molecule has 0 atom stereocenters. The molecule has 0 aliphatic heterocycles. The van der Waals surface area contributed by atoms with E-state index in [1.807, 2.05) is 46.3 Å². The molecule has 0 radical (unpaired) electrons. The van der Waals surface area contributed by atoms with Crippen molar-refractivity contribution in [2.75, 3.05) is 19.6 Å². The molecule has 2 aromatic heterocycles. The van der Waals surface area contributed by atoms with Crippen LogP contribution < -0.4 is 5.32 Å². The fraction of sp³-hybridized carbons (Fsp3) is 0.261. The van der Waals surface area contributed by atoms with Gasteiger partial charge in [-0.15, -0.1) is 24.5 Å². The van der Waals surface area contributed by atoms with E-state index in [1.165, 1.54) is 11.3 Å². The van der Waals surface area contributed by atoms with Crippen LogP contribution in [0.15, 0.2) is 67.1 Å². The molecule has 0 fully saturated rings. The van der Waals surface area contributed by atoms with Crippen LogP contribution in [0.3, 0.4) is 0 Å². The van der Waals surface area contributed by atoms with E-state index in [0.29, 0.717) is 30.9 Å². The molecule has 0 saturated carbocycles. The van der Waals surface area contributed by atoms with Crippen molar-refractivity contribution in [2.45, 2.75) is 19.4 Å². The lowest BCUT2D eigenvalue weighted by atomic mass is 10.2. The fourth-order valence-electron chi connectivity index (χ4n) is 3.26. The van der Waals surface area contributed by atoms with Gasteiger partial charge in [-0.3, -0.25) is 9.59 Å². The van der Waals surface area contributed by atoms with Gasteiger partial charge in [-0.1, -0.05) is 30.4 Å². The summed E-state index contributed by atoms with van der Waals surface area (Å²) < 4.78 is 1.97. The van der Waals surface area contributed by atoms with E-state index >= 15 is 0 Å². The molecule has 3 rings (SSSR count). The first-order valence-corrected chi connectivity index (χ1v) is 10.8. The number of imidazole rings is 1. The van der Waals surface area contributed by atoms with Crippen molar-refractivity contribution in [1.29, 1.82) is 0 Å². The Morgan fingerprint density at radius 3 is 2.60 bits per heavy atom. The number of nitrogens with one attached hydrogen (secondary N) is 1. The van der Waals surface area contributed by atoms with Crippen LogP contribution >= 0.6 is 11.3 Å². The van der Waals surface area contributed by atoms with Crippen LogP contribution in [0.5, 0.6) is 0 Å². The third-order valence-corrected chi connectivity index (χ3v) is 5.55. The minimum Gasteiger partial charge on any atom is -0.351 e. The molecule has 7 heteroatoms. The number of hydrogen-bond donors (Lipinski definition) is 1. The maximum absolute atomic E-state index is 12.9. The molecule has 0 saturated heterocycles. The van der Waals surface area contributed by atoms with Crippen LogP contribution in [0.2, 0.25) is 0 Å². The molecule has 2 heterocycles. The minimum atomic E-state index is -0.0572. The Balaban J connectivity index is 1.69. The SMILES string of the molecule is C=CCN(CC=C)C(=O)Cn1c(CCCNC(=O)c2cccs2)nc2ccccc21. The Morgan fingerprint density at radius 1 is 1.13 bits per heavy atom. The van der Waals surface area contributed by atoms with Crippen LogP contribution in [-0.2, 0) is 17.8 Å². The molecular formula is C23H26N4O2S. The first-order chi connectivity index (χ1) is 14.6. The summed E-state index contributed by atoms with van der Waals surface area (Å²) in [5, 5.41) is 4.82. The third kappa shape index (κ3) is 5.24. The van der Waals surface area contributed by atoms with Crippen LogP contribution in [0.1, 0.15) is 21.9 Å². The highest BCUT2D eigenvalue weighted by molar-refractivity contribution is 7.12. The van der Waals surface area contributed by atoms with Gasteiger partial charge in [-0.05, 0) is 30.0 Å². The van der Waals surface area contributed by atoms with Crippen molar-refractivity contribution in [3.63, 3.8) is 0 Å². The minimum absolute atomic E-state index is 0.00907. The van der Waals surface area contributed by atoms with Crippen LogP contribution in [0, 0.1) is 0 Å². The van der Waals surface area contributed by atoms with Gasteiger partial charge in [0, 0.05) is 26.1 Å². The molecule has 0 unspecified atom stereocenters. The summed E-state index contributed by atoms with van der Waals surface area (Å²) in [6.45, 7) is 9.17. The van der Waals surface area contributed by atoms with Crippen molar-refractivity contribution in [3.05, 3.63) is 77.8 Å². The summed E-state index contributed by atoms with van der Waals surface area (Å²) in [4.78, 5) is 32.1. The average molecular weight is 423 g/mol. The van der Waals surface area contributed by atoms with E-state index in [2.05, 4.69) is 18.5 Å². The number of carbonyl (C=O) groups is 2. The Kier molecular flexibility index (Phi) is 7.57. The number of amides is 2. The van der Waals surface area contributed by atoms with Gasteiger partial charge in [0.2, 0.25) is 5.91 Å². The third-order valence-electron chi connectivity index (χ3n) is 4.69. The summed E-state index contributed by atoms with van der Waals surface area (Å²) in [7, 11) is 0. The zero-order valence-corrected chi connectivity index (χ0v) is 17.7. The van der Waals surface area contributed by atoms with E-state index in [4.69, 9.17) is 4.98 Å². The van der Waals surface area contributed by atoms with Crippen molar-refractivity contribution in [3.8, 4) is 0 Å². The van der Waals surface area contributed by atoms with E-state index in [-0.39, 0.29) is 18.4 Å². The monoisotopic (exact) mass is 422 g/mol. The predicted molar refractivity (Wildman–Crippen MR) is 122 cm³/mol. The highest BCUT2D eigenvalue weighted by Gasteiger charge is 2.17. The van der Waals surface area contributed by atoms with E-state index in [9.17, 15) is 9.59 Å². The van der Waals surface area contributed by atoms with Gasteiger partial charge < -0.3 is 14.8 Å². The fourth-order valence-corrected chi connectivity index (χ4v) is 3.90. The topological polar surface area (TPSA) is 67.2 Å². The summed E-state index contributed by atoms with van der Waals surface area (Å²) in [5.41, 5.74) is 1.79. The van der Waals surface area contributed by atoms with Gasteiger partial charge in [0.25, 0.3) is 5.91 Å². The Labute approximate surface area is 180 Å². The molecule has 0 aliphatic rings. The quantitative estimate of drug-likeness (QED) is 0.379. The number of aromatic nitrogens is 2. The predicted octanol–water partition coefficient (Wildman–Crippen LogP) is 3.66. The number of thiophene rings is 1. The number of fused-ring (bicyclic) bond motifs is 1. The zero-order chi connectivity index (χ0) is 21.3. The Hall–Kier alpha value is -3.19. The summed E-state index contributed by atoms with van der Waals surface area (Å²) in [6.07, 6.45) is 4.82. The van der Waals surface area contributed by atoms with Gasteiger partial charge in [-0.2, -0.15) is 0 Å². The largest absolute Gasteiger partial charge is 0.351 e. The van der Waals surface area contributed by atoms with Crippen LogP contribution in [-0.4, -0.2) is 45.9 Å². The van der Waals surface area contributed by atoms with Gasteiger partial charge in [0.05, 0.1) is 15.9 Å². The summed E-state index contributed by atoms with van der Waals surface area (Å²) in [6, 6.07) is 11.5. The Morgan fingerprint density at radius 2 is 1.90 bits per heavy atom. The maximum Gasteiger partial charge on any atom is 0.261 e. The van der Waals surface area contributed by atoms with E-state index < -0.39 is 0 Å². The summed E-state index contributed by atoms with van der Waals surface area (Å²) >= 11 is 1.42. The van der Waals surface area contributed by atoms with Gasteiger partial charge >= 0.3 is 0 Å². The van der Waals surface area contributed by atoms with Crippen LogP contribution in [0.25, 0.3) is 11.0 Å². The number of aryl methyl sites for hydroxylation is 1. The second-order valence-electron chi connectivity index (χ2n) is 6.82. The molecule has 3 aromatic rings. The standard InChI is InChI=1S/C23H26N4O2S/c1-3-14-26(15-4-2)22(28)17-27-19-10-6-5-9-18(19)25-21(27)12-7-13-24-23(29)20-11-8-16-30-20/h3-6,8-11,16H,1-2,7,12-15,17H2,(H,24,29). The number of hydrogen-bond acceptors (Lipinski definition) is 4. The average Bonchev–Trinajstić information content (AvgIpc) is 3.40. The normalized spacial score (nSPS) is 10.7. The molecule has 2 amide bonds. The molecule has 1 aromatic carbocycles. The van der Waals surface area contributed by atoms with Crippen molar-refractivity contribution < 1.29 is 9.59 Å². The number of carbonyl (C=O) groups excluding carboxylic acids is 2. The molecule has 0 spiro atoms. The second kappa shape index (κ2) is 10.5.